The van der Waals surface area contributed by atoms with Crippen LogP contribution in [0.5, 0.6) is 0 Å². The summed E-state index contributed by atoms with van der Waals surface area (Å²) < 4.78 is 0. The molecule has 5 atom stereocenters. The van der Waals surface area contributed by atoms with E-state index in [2.05, 4.69) is 44.4 Å². The van der Waals surface area contributed by atoms with Crippen LogP contribution in [0, 0.1) is 17.8 Å². The third-order valence-corrected chi connectivity index (χ3v) is 6.73. The van der Waals surface area contributed by atoms with E-state index in [9.17, 15) is 0 Å². The first-order valence-electron chi connectivity index (χ1n) is 8.61. The number of fused-ring (bicyclic) bond motifs is 1. The molecule has 0 radical (unpaired) electrons. The van der Waals surface area contributed by atoms with Crippen molar-refractivity contribution in [3.63, 3.8) is 0 Å². The lowest BCUT2D eigenvalue weighted by atomic mass is 9.75. The maximum absolute atomic E-state index is 2.92. The maximum atomic E-state index is 2.92. The van der Waals surface area contributed by atoms with E-state index in [4.69, 9.17) is 0 Å². The van der Waals surface area contributed by atoms with Crippen molar-refractivity contribution in [1.82, 2.24) is 4.90 Å². The number of rotatable bonds is 6. The number of hydrogen-bond acceptors (Lipinski definition) is 2. The van der Waals surface area contributed by atoms with E-state index in [1.165, 1.54) is 50.8 Å². The Morgan fingerprint density at radius 2 is 1.79 bits per heavy atom. The van der Waals surface area contributed by atoms with E-state index in [1.807, 2.05) is 0 Å². The summed E-state index contributed by atoms with van der Waals surface area (Å²) in [4.78, 5) is 2.92. The average molecular weight is 284 g/mol. The smallest absolute Gasteiger partial charge is 0.0591 e. The molecule has 2 fully saturated rings. The van der Waals surface area contributed by atoms with Crippen LogP contribution in [0.4, 0.5) is 0 Å². The first kappa shape index (κ1) is 15.7. The van der Waals surface area contributed by atoms with Crippen LogP contribution in [0.2, 0.25) is 0 Å². The highest BCUT2D eigenvalue weighted by Gasteiger charge is 2.49. The van der Waals surface area contributed by atoms with Gasteiger partial charge in [-0.05, 0) is 49.3 Å². The fraction of sp³-hybridized carbons (Fsp3) is 1.00. The monoisotopic (exact) mass is 283 g/mol. The van der Waals surface area contributed by atoms with Gasteiger partial charge in [0, 0.05) is 6.04 Å². The Kier molecular flexibility index (Phi) is 6.08. The molecule has 2 rings (SSSR count). The first-order chi connectivity index (χ1) is 9.24. The third-order valence-electron chi connectivity index (χ3n) is 5.44. The molecular weight excluding hydrogens is 250 g/mol. The lowest BCUT2D eigenvalue weighted by Crippen LogP contribution is -2.41. The van der Waals surface area contributed by atoms with Crippen molar-refractivity contribution in [2.45, 2.75) is 77.6 Å². The van der Waals surface area contributed by atoms with Crippen molar-refractivity contribution >= 4 is 11.8 Å². The van der Waals surface area contributed by atoms with Gasteiger partial charge in [-0.3, -0.25) is 4.90 Å². The van der Waals surface area contributed by atoms with Gasteiger partial charge in [-0.1, -0.05) is 47.0 Å². The second kappa shape index (κ2) is 7.36. The van der Waals surface area contributed by atoms with Crippen LogP contribution in [-0.2, 0) is 0 Å². The van der Waals surface area contributed by atoms with Crippen LogP contribution in [0.25, 0.3) is 0 Å². The lowest BCUT2D eigenvalue weighted by Gasteiger charge is -2.35. The zero-order chi connectivity index (χ0) is 13.8. The minimum absolute atomic E-state index is 0.828. The molecule has 0 N–H and O–H groups in total. The van der Waals surface area contributed by atoms with E-state index in [-0.39, 0.29) is 0 Å². The van der Waals surface area contributed by atoms with E-state index >= 15 is 0 Å². The molecule has 19 heavy (non-hydrogen) atoms. The summed E-state index contributed by atoms with van der Waals surface area (Å²) in [6.45, 7) is 10.9. The molecule has 1 heterocycles. The molecule has 1 nitrogen and oxygen atoms in total. The number of likely N-dealkylation sites (tertiary alicyclic amines) is 1. The van der Waals surface area contributed by atoms with Crippen molar-refractivity contribution in [3.8, 4) is 0 Å². The maximum Gasteiger partial charge on any atom is 0.0591 e. The number of hydrogen-bond donors (Lipinski definition) is 0. The summed E-state index contributed by atoms with van der Waals surface area (Å²) in [5.41, 5.74) is 0. The average Bonchev–Trinajstić information content (AvgIpc) is 2.74. The molecule has 1 saturated carbocycles. The van der Waals surface area contributed by atoms with Crippen LogP contribution in [0.1, 0.15) is 66.2 Å². The van der Waals surface area contributed by atoms with Gasteiger partial charge in [-0.25, -0.2) is 0 Å². The molecule has 0 bridgehead atoms. The summed E-state index contributed by atoms with van der Waals surface area (Å²) in [6, 6.07) is 0.874. The van der Waals surface area contributed by atoms with Gasteiger partial charge in [0.05, 0.1) is 5.37 Å². The largest absolute Gasteiger partial charge is 0.288 e. The topological polar surface area (TPSA) is 3.24 Å². The zero-order valence-electron chi connectivity index (χ0n) is 13.4. The molecule has 0 aromatic heterocycles. The minimum atomic E-state index is 0.828. The van der Waals surface area contributed by atoms with E-state index in [1.54, 1.807) is 0 Å². The standard InChI is InChI=1S/C17H33NS/c1-5-12-18-16(13(4)6-2)14-10-8-9-11-15(14)17(18)19-7-3/h13-17H,5-12H2,1-4H3. The number of thioether (sulfide) groups is 1. The van der Waals surface area contributed by atoms with Gasteiger partial charge >= 0.3 is 0 Å². The van der Waals surface area contributed by atoms with E-state index in [0.717, 1.165) is 29.2 Å². The van der Waals surface area contributed by atoms with Crippen LogP contribution >= 0.6 is 11.8 Å². The zero-order valence-corrected chi connectivity index (χ0v) is 14.2. The molecule has 2 heteroatoms. The highest BCUT2D eigenvalue weighted by Crippen LogP contribution is 2.50. The summed E-state index contributed by atoms with van der Waals surface area (Å²) in [7, 11) is 0. The molecule has 0 aromatic rings. The summed E-state index contributed by atoms with van der Waals surface area (Å²) in [5.74, 6) is 4.14. The molecule has 0 aromatic carbocycles. The van der Waals surface area contributed by atoms with Crippen LogP contribution < -0.4 is 0 Å². The van der Waals surface area contributed by atoms with E-state index < -0.39 is 0 Å². The van der Waals surface area contributed by atoms with Gasteiger partial charge < -0.3 is 0 Å². The fourth-order valence-electron chi connectivity index (χ4n) is 4.54. The second-order valence-corrected chi connectivity index (χ2v) is 7.97. The molecule has 1 saturated heterocycles. The highest BCUT2D eigenvalue weighted by atomic mass is 32.2. The van der Waals surface area contributed by atoms with Gasteiger partial charge in [0.15, 0.2) is 0 Å². The molecule has 1 aliphatic heterocycles. The van der Waals surface area contributed by atoms with E-state index in [0.29, 0.717) is 0 Å². The predicted octanol–water partition coefficient (Wildman–Crippen LogP) is 5.01. The predicted molar refractivity (Wildman–Crippen MR) is 87.6 cm³/mol. The van der Waals surface area contributed by atoms with Crippen molar-refractivity contribution < 1.29 is 0 Å². The van der Waals surface area contributed by atoms with Gasteiger partial charge in [0.1, 0.15) is 0 Å². The Morgan fingerprint density at radius 3 is 2.37 bits per heavy atom. The Bertz CT molecular complexity index is 268. The molecule has 0 amide bonds. The van der Waals surface area contributed by atoms with Crippen LogP contribution in [0.3, 0.4) is 0 Å². The van der Waals surface area contributed by atoms with Crippen molar-refractivity contribution in [1.29, 1.82) is 0 Å². The van der Waals surface area contributed by atoms with Gasteiger partial charge in [0.2, 0.25) is 0 Å². The van der Waals surface area contributed by atoms with Gasteiger partial charge in [0.25, 0.3) is 0 Å². The summed E-state index contributed by atoms with van der Waals surface area (Å²) in [5, 5.41) is 0.828. The molecule has 1 aliphatic carbocycles. The Balaban J connectivity index is 2.21. The highest BCUT2D eigenvalue weighted by molar-refractivity contribution is 7.99. The quantitative estimate of drug-likeness (QED) is 0.674. The second-order valence-electron chi connectivity index (χ2n) is 6.57. The first-order valence-corrected chi connectivity index (χ1v) is 9.66. The minimum Gasteiger partial charge on any atom is -0.288 e. The molecule has 112 valence electrons. The van der Waals surface area contributed by atoms with Crippen molar-refractivity contribution in [3.05, 3.63) is 0 Å². The Labute approximate surface area is 124 Å². The molecule has 0 spiro atoms. The van der Waals surface area contributed by atoms with Gasteiger partial charge in [-0.2, -0.15) is 0 Å². The van der Waals surface area contributed by atoms with Crippen LogP contribution in [0.15, 0.2) is 0 Å². The van der Waals surface area contributed by atoms with Crippen molar-refractivity contribution in [2.24, 2.45) is 17.8 Å². The molecular formula is C17H33NS. The summed E-state index contributed by atoms with van der Waals surface area (Å²) >= 11 is 2.23. The SMILES string of the molecule is CCCN1C(SCC)C2CCCCC2C1C(C)CC. The Hall–Kier alpha value is 0.310. The van der Waals surface area contributed by atoms with Gasteiger partial charge in [-0.15, -0.1) is 11.8 Å². The fourth-order valence-corrected chi connectivity index (χ4v) is 5.91. The normalized spacial score (nSPS) is 37.3. The number of nitrogens with zero attached hydrogens (tertiary/aromatic N) is 1. The van der Waals surface area contributed by atoms with Crippen LogP contribution in [-0.4, -0.2) is 28.6 Å². The Morgan fingerprint density at radius 1 is 1.11 bits per heavy atom. The van der Waals surface area contributed by atoms with Crippen molar-refractivity contribution in [2.75, 3.05) is 12.3 Å². The third kappa shape index (κ3) is 3.15. The molecule has 5 unspecified atom stereocenters. The molecule has 2 aliphatic rings. The summed E-state index contributed by atoms with van der Waals surface area (Å²) in [6.07, 6.45) is 8.62. The lowest BCUT2D eigenvalue weighted by molar-refractivity contribution is 0.147.